The van der Waals surface area contributed by atoms with Crippen molar-refractivity contribution in [2.45, 2.75) is 0 Å². The Hall–Kier alpha value is 4.06. The molecule has 0 heterocycles. The predicted octanol–water partition coefficient (Wildman–Crippen LogP) is -6.05. The molecule has 0 aromatic heterocycles. The van der Waals surface area contributed by atoms with E-state index in [0.29, 0.717) is 0 Å². The van der Waals surface area contributed by atoms with Crippen LogP contribution in [0.1, 0.15) is 2.85 Å². The van der Waals surface area contributed by atoms with Crippen LogP contribution in [-0.4, -0.2) is 130 Å². The maximum Gasteiger partial charge on any atom is 2.00 e. The van der Waals surface area contributed by atoms with E-state index in [1.165, 1.54) is 0 Å². The van der Waals surface area contributed by atoms with Gasteiger partial charge < -0.3 is 31.1 Å². The fourth-order valence-electron chi connectivity index (χ4n) is 0. The smallest absolute Gasteiger partial charge is 1.00 e. The zero-order chi connectivity index (χ0) is 4.50. The zero-order valence-electron chi connectivity index (χ0n) is 6.25. The van der Waals surface area contributed by atoms with E-state index in [2.05, 4.69) is 0 Å². The van der Waals surface area contributed by atoms with Gasteiger partial charge in [-0.15, -0.1) is 0 Å². The number of rotatable bonds is 0. The molecule has 0 atom stereocenters. The Morgan fingerprint density at radius 2 is 0.875 bits per heavy atom. The Morgan fingerprint density at radius 1 is 0.875 bits per heavy atom. The topological polar surface area (TPSA) is 92.2 Å². The molecule has 0 saturated carbocycles. The fourth-order valence-corrected chi connectivity index (χ4v) is 0. The zero-order valence-corrected chi connectivity index (χ0v) is 13.1. The molecule has 0 radical (unpaired) electrons. The van der Waals surface area contributed by atoms with E-state index in [1.807, 2.05) is 0 Å². The summed E-state index contributed by atoms with van der Waals surface area (Å²) in [7, 11) is -5.61. The molecule has 0 spiro atoms. The van der Waals surface area contributed by atoms with E-state index in [4.69, 9.17) is 19.2 Å². The van der Waals surface area contributed by atoms with Crippen LogP contribution in [-0.2, 0) is 0 Å². The first-order chi connectivity index (χ1) is 2.00. The van der Waals surface area contributed by atoms with Gasteiger partial charge in [0.2, 0.25) is 0 Å². The van der Waals surface area contributed by atoms with E-state index in [0.717, 1.165) is 0 Å². The monoisotopic (exact) mass is 262 g/mol. The van der Waals surface area contributed by atoms with Crippen LogP contribution in [0.5, 0.6) is 0 Å². The molecule has 0 N–H and O–H groups in total. The third-order valence-corrected chi connectivity index (χ3v) is 0. The van der Waals surface area contributed by atoms with Gasteiger partial charge in [0, 0.05) is 0 Å². The average molecular weight is 262 g/mol. The summed E-state index contributed by atoms with van der Waals surface area (Å²) >= 11 is 0. The van der Waals surface area contributed by atoms with E-state index in [1.54, 1.807) is 0 Å². The van der Waals surface area contributed by atoms with Gasteiger partial charge >= 0.3 is 121 Å². The maximum absolute atomic E-state index is 8.58. The summed E-state index contributed by atoms with van der Waals surface area (Å²) in [6.07, 6.45) is 0. The SMILES string of the molecule is [Ca+2].[Ca+2].[H-].[H-].[O-][Si]([O-])([O-])[O-].[Sr+2]. The number of hydrogen-bond acceptors (Lipinski definition) is 4. The first-order valence-corrected chi connectivity index (χ1v) is 2.45. The van der Waals surface area contributed by atoms with Gasteiger partial charge in [-0.1, -0.05) is 0 Å². The van der Waals surface area contributed by atoms with Gasteiger partial charge in [0.15, 0.2) is 0 Å². The summed E-state index contributed by atoms with van der Waals surface area (Å²) in [6, 6.07) is 0. The fraction of sp³-hybridized carbons (Fsp3) is 0. The summed E-state index contributed by atoms with van der Waals surface area (Å²) in [5, 5.41) is 0. The first kappa shape index (κ1) is 22.7. The molecule has 4 nitrogen and oxygen atoms in total. The first-order valence-electron chi connectivity index (χ1n) is 0.816. The van der Waals surface area contributed by atoms with Crippen LogP contribution in [0.4, 0.5) is 0 Å². The molecular formula is H2Ca2O4SiSr. The normalized spacial score (nSPS) is 7.50. The second kappa shape index (κ2) is 11.1. The average Bonchev–Trinajstić information content (AvgIpc) is 0.722. The van der Waals surface area contributed by atoms with E-state index in [9.17, 15) is 0 Å². The molecule has 0 rings (SSSR count). The molecule has 8 heteroatoms. The molecule has 0 unspecified atom stereocenters. The van der Waals surface area contributed by atoms with Gasteiger partial charge in [-0.3, -0.25) is 0 Å². The molecular weight excluding hydrogens is 260 g/mol. The van der Waals surface area contributed by atoms with Gasteiger partial charge in [0.05, 0.1) is 0 Å². The third kappa shape index (κ3) is 50.1. The van der Waals surface area contributed by atoms with Crippen LogP contribution in [0.3, 0.4) is 0 Å². The Balaban J connectivity index is -0.00000000800. The molecule has 0 aliphatic carbocycles. The summed E-state index contributed by atoms with van der Waals surface area (Å²) in [6.45, 7) is 0. The Morgan fingerprint density at radius 3 is 0.875 bits per heavy atom. The largest absolute Gasteiger partial charge is 2.00 e. The predicted molar refractivity (Wildman–Crippen MR) is 25.2 cm³/mol. The van der Waals surface area contributed by atoms with Crippen molar-refractivity contribution in [3.8, 4) is 0 Å². The minimum absolute atomic E-state index is 0. The van der Waals surface area contributed by atoms with Crippen LogP contribution in [0.2, 0.25) is 0 Å². The quantitative estimate of drug-likeness (QED) is 0.406. The van der Waals surface area contributed by atoms with Gasteiger partial charge in [0.25, 0.3) is 0 Å². The summed E-state index contributed by atoms with van der Waals surface area (Å²) in [4.78, 5) is 34.3. The summed E-state index contributed by atoms with van der Waals surface area (Å²) < 4.78 is 0. The standard InChI is InChI=1S/2Ca.O4Si.Sr.2H/c;;1-5(2,3)4;;;/q2*+2;-4;+2;2*-1. The summed E-state index contributed by atoms with van der Waals surface area (Å²) in [5.74, 6) is 0. The van der Waals surface area contributed by atoms with Crippen LogP contribution >= 0.6 is 0 Å². The van der Waals surface area contributed by atoms with Crippen molar-refractivity contribution in [2.75, 3.05) is 0 Å². The molecule has 0 aromatic carbocycles. The molecule has 0 aliphatic heterocycles. The molecule has 0 amide bonds. The molecule has 36 valence electrons. The van der Waals surface area contributed by atoms with E-state index in [-0.39, 0.29) is 124 Å². The molecule has 0 fully saturated rings. The summed E-state index contributed by atoms with van der Waals surface area (Å²) in [5.41, 5.74) is 0. The van der Waals surface area contributed by atoms with Gasteiger partial charge in [-0.2, -0.15) is 0 Å². The van der Waals surface area contributed by atoms with Crippen molar-refractivity contribution in [2.24, 2.45) is 0 Å². The minimum atomic E-state index is -5.61. The Labute approximate surface area is 148 Å². The van der Waals surface area contributed by atoms with Crippen LogP contribution in [0.15, 0.2) is 0 Å². The van der Waals surface area contributed by atoms with E-state index >= 15 is 0 Å². The van der Waals surface area contributed by atoms with Crippen molar-refractivity contribution < 1.29 is 22.0 Å². The van der Waals surface area contributed by atoms with Crippen LogP contribution in [0.25, 0.3) is 0 Å². The van der Waals surface area contributed by atoms with Gasteiger partial charge in [-0.05, 0) is 0 Å². The number of hydrogen-bond donors (Lipinski definition) is 0. The van der Waals surface area contributed by atoms with Gasteiger partial charge in [0.1, 0.15) is 0 Å². The molecule has 0 aliphatic rings. The van der Waals surface area contributed by atoms with Crippen LogP contribution in [0, 0.1) is 0 Å². The molecule has 0 saturated heterocycles. The van der Waals surface area contributed by atoms with Crippen LogP contribution < -0.4 is 19.2 Å². The van der Waals surface area contributed by atoms with Gasteiger partial charge in [-0.25, -0.2) is 0 Å². The van der Waals surface area contributed by atoms with Crippen molar-refractivity contribution in [3.63, 3.8) is 0 Å². The van der Waals surface area contributed by atoms with Crippen molar-refractivity contribution in [1.82, 2.24) is 0 Å². The van der Waals surface area contributed by atoms with Crippen molar-refractivity contribution in [1.29, 1.82) is 0 Å². The maximum atomic E-state index is 8.58. The molecule has 0 aromatic rings. The van der Waals surface area contributed by atoms with E-state index < -0.39 is 9.05 Å². The van der Waals surface area contributed by atoms with Crippen molar-refractivity contribution in [3.05, 3.63) is 0 Å². The van der Waals surface area contributed by atoms with Crippen molar-refractivity contribution >= 4 is 130 Å². The minimum Gasteiger partial charge on any atom is -1.00 e. The second-order valence-corrected chi connectivity index (χ2v) is 1.50. The second-order valence-electron chi connectivity index (χ2n) is 0.500. The Bertz CT molecular complexity index is 36.7. The molecule has 0 bridgehead atoms. The Kier molecular flexibility index (Phi) is 31.4. The third-order valence-electron chi connectivity index (χ3n) is 0. The molecule has 8 heavy (non-hydrogen) atoms.